The third kappa shape index (κ3) is 11.2. The number of halogens is 3. The Bertz CT molecular complexity index is 583. The van der Waals surface area contributed by atoms with Crippen LogP contribution in [-0.4, -0.2) is 19.6 Å². The van der Waals surface area contributed by atoms with E-state index in [1.807, 2.05) is 0 Å². The van der Waals surface area contributed by atoms with Crippen molar-refractivity contribution in [3.63, 3.8) is 0 Å². The summed E-state index contributed by atoms with van der Waals surface area (Å²) in [6, 6.07) is 5.33. The first kappa shape index (κ1) is 21.9. The second-order valence-corrected chi connectivity index (χ2v) is 7.11. The topological polar surface area (TPSA) is 63.6 Å². The molecule has 0 heterocycles. The molecule has 0 saturated heterocycles. The average molecular weight is 382 g/mol. The molecule has 1 N–H and O–H groups in total. The van der Waals surface area contributed by atoms with Crippen LogP contribution in [0.4, 0.5) is 13.2 Å². The lowest BCUT2D eigenvalue weighted by molar-refractivity contribution is -0.137. The van der Waals surface area contributed by atoms with Crippen molar-refractivity contribution in [1.82, 2.24) is 0 Å². The molecule has 0 fully saturated rings. The summed E-state index contributed by atoms with van der Waals surface area (Å²) >= 11 is 0. The minimum absolute atomic E-state index is 0.00591. The van der Waals surface area contributed by atoms with Crippen LogP contribution in [0.2, 0.25) is 0 Å². The van der Waals surface area contributed by atoms with Gasteiger partial charge in [0.2, 0.25) is 0 Å². The van der Waals surface area contributed by atoms with Crippen molar-refractivity contribution in [1.29, 1.82) is 0 Å². The van der Waals surface area contributed by atoms with Crippen LogP contribution in [0, 0.1) is 0 Å². The van der Waals surface area contributed by atoms with Crippen LogP contribution < -0.4 is 0 Å². The number of alkyl halides is 3. The standard InChI is InChI=1S/C17H25F3O4S/c18-17(19,20)16-12-10-15(11-13-16)9-7-5-3-1-2-4-6-8-14-24-25(21,22)23/h10-13H,1-9,14H2,(H,21,22,23). The highest BCUT2D eigenvalue weighted by Crippen LogP contribution is 2.29. The van der Waals surface area contributed by atoms with E-state index in [-0.39, 0.29) is 6.61 Å². The zero-order valence-electron chi connectivity index (χ0n) is 14.1. The molecule has 0 radical (unpaired) electrons. The Hall–Kier alpha value is -1.12. The molecule has 0 saturated carbocycles. The Labute approximate surface area is 147 Å². The second kappa shape index (κ2) is 10.8. The highest BCUT2D eigenvalue weighted by atomic mass is 32.3. The monoisotopic (exact) mass is 382 g/mol. The van der Waals surface area contributed by atoms with Gasteiger partial charge in [0.1, 0.15) is 0 Å². The molecule has 0 aliphatic heterocycles. The lowest BCUT2D eigenvalue weighted by atomic mass is 10.0. The summed E-state index contributed by atoms with van der Waals surface area (Å²) in [4.78, 5) is 0. The van der Waals surface area contributed by atoms with Gasteiger partial charge in [0.15, 0.2) is 0 Å². The molecule has 0 aromatic heterocycles. The molecule has 0 atom stereocenters. The van der Waals surface area contributed by atoms with Crippen LogP contribution in [0.25, 0.3) is 0 Å². The summed E-state index contributed by atoms with van der Waals surface area (Å²) in [6.07, 6.45) is 4.10. The smallest absolute Gasteiger partial charge is 0.264 e. The van der Waals surface area contributed by atoms with E-state index in [2.05, 4.69) is 4.18 Å². The molecule has 1 aromatic rings. The number of hydrogen-bond acceptors (Lipinski definition) is 3. The fourth-order valence-electron chi connectivity index (χ4n) is 2.52. The van der Waals surface area contributed by atoms with Crippen molar-refractivity contribution >= 4 is 10.4 Å². The summed E-state index contributed by atoms with van der Waals surface area (Å²) in [5.41, 5.74) is 0.310. The van der Waals surface area contributed by atoms with Crippen LogP contribution in [0.5, 0.6) is 0 Å². The van der Waals surface area contributed by atoms with Crippen LogP contribution in [-0.2, 0) is 27.2 Å². The predicted octanol–water partition coefficient (Wildman–Crippen LogP) is 5.19. The summed E-state index contributed by atoms with van der Waals surface area (Å²) in [6.45, 7) is 0.00591. The molecular weight excluding hydrogens is 357 g/mol. The Morgan fingerprint density at radius 1 is 0.840 bits per heavy atom. The highest BCUT2D eigenvalue weighted by molar-refractivity contribution is 7.80. The molecule has 8 heteroatoms. The van der Waals surface area contributed by atoms with Crippen molar-refractivity contribution in [3.8, 4) is 0 Å². The molecule has 0 spiro atoms. The van der Waals surface area contributed by atoms with Gasteiger partial charge < -0.3 is 0 Å². The van der Waals surface area contributed by atoms with Gasteiger partial charge in [0.25, 0.3) is 0 Å². The summed E-state index contributed by atoms with van der Waals surface area (Å²) in [5.74, 6) is 0. The third-order valence-corrected chi connectivity index (χ3v) is 4.34. The van der Waals surface area contributed by atoms with Crippen LogP contribution >= 0.6 is 0 Å². The number of aryl methyl sites for hydroxylation is 1. The molecular formula is C17H25F3O4S. The van der Waals surface area contributed by atoms with Crippen LogP contribution in [0.1, 0.15) is 62.5 Å². The van der Waals surface area contributed by atoms with Gasteiger partial charge in [0, 0.05) is 0 Å². The number of unbranched alkanes of at least 4 members (excludes halogenated alkanes) is 7. The fraction of sp³-hybridized carbons (Fsp3) is 0.647. The van der Waals surface area contributed by atoms with E-state index in [1.165, 1.54) is 12.1 Å². The Kier molecular flexibility index (Phi) is 9.45. The maximum atomic E-state index is 12.4. The third-order valence-electron chi connectivity index (χ3n) is 3.87. The SMILES string of the molecule is O=S(=O)(O)OCCCCCCCCCCc1ccc(C(F)(F)F)cc1. The van der Waals surface area contributed by atoms with Crippen molar-refractivity contribution < 1.29 is 30.3 Å². The van der Waals surface area contributed by atoms with Crippen molar-refractivity contribution in [2.75, 3.05) is 6.61 Å². The number of rotatable bonds is 12. The Morgan fingerprint density at radius 2 is 1.32 bits per heavy atom. The van der Waals surface area contributed by atoms with Crippen molar-refractivity contribution in [2.24, 2.45) is 0 Å². The van der Waals surface area contributed by atoms with Crippen molar-refractivity contribution in [2.45, 2.75) is 64.0 Å². The molecule has 0 aliphatic rings. The maximum Gasteiger partial charge on any atom is 0.416 e. The summed E-state index contributed by atoms with van der Waals surface area (Å²) < 4.78 is 70.6. The molecule has 144 valence electrons. The van der Waals surface area contributed by atoms with Gasteiger partial charge in [-0.05, 0) is 37.0 Å². The number of benzene rings is 1. The van der Waals surface area contributed by atoms with E-state index >= 15 is 0 Å². The van der Waals surface area contributed by atoms with Crippen molar-refractivity contribution in [3.05, 3.63) is 35.4 Å². The van der Waals surface area contributed by atoms with E-state index in [4.69, 9.17) is 4.55 Å². The van der Waals surface area contributed by atoms with E-state index in [0.29, 0.717) is 6.42 Å². The molecule has 1 rings (SSSR count). The summed E-state index contributed by atoms with van der Waals surface area (Å²) in [7, 11) is -4.32. The molecule has 0 bridgehead atoms. The fourth-order valence-corrected chi connectivity index (χ4v) is 2.84. The average Bonchev–Trinajstić information content (AvgIpc) is 2.51. The molecule has 25 heavy (non-hydrogen) atoms. The van der Waals surface area contributed by atoms with E-state index < -0.39 is 22.1 Å². The first-order valence-electron chi connectivity index (χ1n) is 8.46. The van der Waals surface area contributed by atoms with Gasteiger partial charge in [-0.1, -0.05) is 50.7 Å². The normalized spacial score (nSPS) is 12.5. The number of hydrogen-bond donors (Lipinski definition) is 1. The molecule has 0 amide bonds. The first-order valence-corrected chi connectivity index (χ1v) is 9.83. The van der Waals surface area contributed by atoms with Crippen LogP contribution in [0.15, 0.2) is 24.3 Å². The summed E-state index contributed by atoms with van der Waals surface area (Å²) in [5, 5.41) is 0. The first-order chi connectivity index (χ1) is 11.7. The minimum atomic E-state index is -4.32. The molecule has 0 unspecified atom stereocenters. The van der Waals surface area contributed by atoms with E-state index in [1.54, 1.807) is 0 Å². The second-order valence-electron chi connectivity index (χ2n) is 6.02. The van der Waals surface area contributed by atoms with Gasteiger partial charge >= 0.3 is 16.6 Å². The quantitative estimate of drug-likeness (QED) is 0.399. The largest absolute Gasteiger partial charge is 0.416 e. The lowest BCUT2D eigenvalue weighted by Gasteiger charge is -2.07. The zero-order chi connectivity index (χ0) is 18.8. The van der Waals surface area contributed by atoms with Gasteiger partial charge in [-0.25, -0.2) is 4.18 Å². The highest BCUT2D eigenvalue weighted by Gasteiger charge is 2.29. The van der Waals surface area contributed by atoms with Gasteiger partial charge in [-0.2, -0.15) is 21.6 Å². The lowest BCUT2D eigenvalue weighted by Crippen LogP contribution is -2.04. The zero-order valence-corrected chi connectivity index (χ0v) is 14.9. The molecule has 1 aromatic carbocycles. The van der Waals surface area contributed by atoms with E-state index in [0.717, 1.165) is 69.1 Å². The minimum Gasteiger partial charge on any atom is -0.264 e. The van der Waals surface area contributed by atoms with E-state index in [9.17, 15) is 21.6 Å². The van der Waals surface area contributed by atoms with Gasteiger partial charge in [-0.15, -0.1) is 0 Å². The Morgan fingerprint density at radius 3 is 1.80 bits per heavy atom. The maximum absolute atomic E-state index is 12.4. The van der Waals surface area contributed by atoms with Crippen LogP contribution in [0.3, 0.4) is 0 Å². The Balaban J connectivity index is 1.98. The van der Waals surface area contributed by atoms with Gasteiger partial charge in [-0.3, -0.25) is 4.55 Å². The predicted molar refractivity (Wildman–Crippen MR) is 89.6 cm³/mol. The van der Waals surface area contributed by atoms with Gasteiger partial charge in [0.05, 0.1) is 12.2 Å². The molecule has 4 nitrogen and oxygen atoms in total. The molecule has 0 aliphatic carbocycles.